The molecule has 2 atom stereocenters. The van der Waals surface area contributed by atoms with Crippen molar-refractivity contribution in [2.75, 3.05) is 6.61 Å². The third-order valence-corrected chi connectivity index (χ3v) is 4.15. The zero-order chi connectivity index (χ0) is 14.7. The maximum absolute atomic E-state index is 12.0. The highest BCUT2D eigenvalue weighted by molar-refractivity contribution is 7.10. The second-order valence-corrected chi connectivity index (χ2v) is 5.83. The molecule has 0 N–H and O–H groups in total. The summed E-state index contributed by atoms with van der Waals surface area (Å²) in [6.07, 6.45) is 9.56. The van der Waals surface area contributed by atoms with Crippen LogP contribution < -0.4 is 0 Å². The Bertz CT molecular complexity index is 625. The van der Waals surface area contributed by atoms with E-state index in [9.17, 15) is 9.59 Å². The van der Waals surface area contributed by atoms with Gasteiger partial charge in [-0.2, -0.15) is 0 Å². The lowest BCUT2D eigenvalue weighted by Crippen LogP contribution is -2.18. The van der Waals surface area contributed by atoms with E-state index in [-0.39, 0.29) is 36.6 Å². The Balaban J connectivity index is 1.49. The predicted molar refractivity (Wildman–Crippen MR) is 78.7 cm³/mol. The summed E-state index contributed by atoms with van der Waals surface area (Å²) in [7, 11) is 0. The summed E-state index contributed by atoms with van der Waals surface area (Å²) in [4.78, 5) is 24.5. The molecule has 0 amide bonds. The second kappa shape index (κ2) is 6.10. The van der Waals surface area contributed by atoms with Crippen LogP contribution in [-0.2, 0) is 25.5 Å². The first-order chi connectivity index (χ1) is 10.2. The number of Topliss-reactive ketones (excluding diaryl/α,β-unsaturated/α-hetero) is 1. The number of ketones is 1. The smallest absolute Gasteiger partial charge is 0.311 e. The first-order valence-electron chi connectivity index (χ1n) is 6.67. The summed E-state index contributed by atoms with van der Waals surface area (Å²) >= 11 is 1.49. The van der Waals surface area contributed by atoms with E-state index >= 15 is 0 Å². The molecule has 0 fully saturated rings. The van der Waals surface area contributed by atoms with E-state index < -0.39 is 5.97 Å². The standard InChI is InChI=1S/C16H14O4S/c17-13(10-19-16(18)9-12-5-3-7-21-12)15-8-11-4-1-2-6-14(11)20-15/h1-8,11,14H,9-10H2. The van der Waals surface area contributed by atoms with Crippen LogP contribution in [0, 0.1) is 5.92 Å². The number of carbonyl (C=O) groups excluding carboxylic acids is 2. The second-order valence-electron chi connectivity index (χ2n) is 4.80. The van der Waals surface area contributed by atoms with E-state index in [4.69, 9.17) is 9.47 Å². The predicted octanol–water partition coefficient (Wildman–Crippen LogP) is 2.43. The molecule has 2 heterocycles. The molecule has 0 spiro atoms. The SMILES string of the molecule is O=C(Cc1cccs1)OCC(=O)C1=CC2C=CC=CC2O1. The molecule has 1 aromatic heterocycles. The largest absolute Gasteiger partial charge is 0.482 e. The van der Waals surface area contributed by atoms with Gasteiger partial charge in [0.1, 0.15) is 6.10 Å². The summed E-state index contributed by atoms with van der Waals surface area (Å²) < 4.78 is 10.6. The molecule has 1 aliphatic carbocycles. The maximum atomic E-state index is 12.0. The Morgan fingerprint density at radius 2 is 2.14 bits per heavy atom. The topological polar surface area (TPSA) is 52.6 Å². The van der Waals surface area contributed by atoms with Gasteiger partial charge in [-0.25, -0.2) is 0 Å². The van der Waals surface area contributed by atoms with Crippen molar-refractivity contribution in [1.29, 1.82) is 0 Å². The van der Waals surface area contributed by atoms with E-state index in [1.165, 1.54) is 11.3 Å². The van der Waals surface area contributed by atoms with E-state index in [2.05, 4.69) is 0 Å². The molecule has 0 bridgehead atoms. The summed E-state index contributed by atoms with van der Waals surface area (Å²) in [6.45, 7) is -0.275. The van der Waals surface area contributed by atoms with Crippen molar-refractivity contribution in [3.05, 3.63) is 58.5 Å². The molecular weight excluding hydrogens is 288 g/mol. The van der Waals surface area contributed by atoms with Gasteiger partial charge in [0.15, 0.2) is 12.4 Å². The molecule has 0 saturated heterocycles. The molecule has 1 aliphatic heterocycles. The van der Waals surface area contributed by atoms with Gasteiger partial charge in [-0.05, 0) is 23.6 Å². The van der Waals surface area contributed by atoms with Gasteiger partial charge in [-0.3, -0.25) is 9.59 Å². The lowest BCUT2D eigenvalue weighted by Gasteiger charge is -2.14. The Kier molecular flexibility index (Phi) is 4.01. The highest BCUT2D eigenvalue weighted by Gasteiger charge is 2.30. The van der Waals surface area contributed by atoms with Crippen molar-refractivity contribution in [1.82, 2.24) is 0 Å². The summed E-state index contributed by atoms with van der Waals surface area (Å²) in [6, 6.07) is 3.73. The Hall–Kier alpha value is -2.14. The fraction of sp³-hybridized carbons (Fsp3) is 0.250. The Morgan fingerprint density at radius 3 is 2.90 bits per heavy atom. The molecule has 21 heavy (non-hydrogen) atoms. The van der Waals surface area contributed by atoms with Crippen molar-refractivity contribution in [3.63, 3.8) is 0 Å². The van der Waals surface area contributed by atoms with Gasteiger partial charge in [0.05, 0.1) is 6.42 Å². The first-order valence-corrected chi connectivity index (χ1v) is 7.55. The minimum Gasteiger partial charge on any atom is -0.482 e. The lowest BCUT2D eigenvalue weighted by atomic mass is 9.99. The zero-order valence-electron chi connectivity index (χ0n) is 11.2. The van der Waals surface area contributed by atoms with Crippen LogP contribution in [-0.4, -0.2) is 24.5 Å². The molecule has 5 heteroatoms. The Morgan fingerprint density at radius 1 is 1.29 bits per heavy atom. The lowest BCUT2D eigenvalue weighted by molar-refractivity contribution is -0.147. The number of hydrogen-bond donors (Lipinski definition) is 0. The molecule has 4 nitrogen and oxygen atoms in total. The highest BCUT2D eigenvalue weighted by atomic mass is 32.1. The van der Waals surface area contributed by atoms with Crippen molar-refractivity contribution in [2.45, 2.75) is 12.5 Å². The van der Waals surface area contributed by atoms with E-state index in [1.807, 2.05) is 41.8 Å². The normalized spacial score (nSPS) is 22.4. The highest BCUT2D eigenvalue weighted by Crippen LogP contribution is 2.28. The van der Waals surface area contributed by atoms with Crippen molar-refractivity contribution < 1.29 is 19.1 Å². The number of thiophene rings is 1. The monoisotopic (exact) mass is 302 g/mol. The molecule has 0 aromatic carbocycles. The average molecular weight is 302 g/mol. The molecule has 2 aliphatic rings. The van der Waals surface area contributed by atoms with Gasteiger partial charge in [0, 0.05) is 10.8 Å². The van der Waals surface area contributed by atoms with Crippen molar-refractivity contribution >= 4 is 23.1 Å². The van der Waals surface area contributed by atoms with Gasteiger partial charge in [-0.1, -0.05) is 24.3 Å². The van der Waals surface area contributed by atoms with Crippen molar-refractivity contribution in [3.8, 4) is 0 Å². The number of rotatable bonds is 5. The van der Waals surface area contributed by atoms with Crippen LogP contribution in [0.5, 0.6) is 0 Å². The van der Waals surface area contributed by atoms with Crippen molar-refractivity contribution in [2.24, 2.45) is 5.92 Å². The van der Waals surface area contributed by atoms with Gasteiger partial charge >= 0.3 is 5.97 Å². The minimum absolute atomic E-state index is 0.0933. The summed E-state index contributed by atoms with van der Waals surface area (Å²) in [5.74, 6) is -0.326. The fourth-order valence-electron chi connectivity index (χ4n) is 2.22. The number of fused-ring (bicyclic) bond motifs is 1. The van der Waals surface area contributed by atoms with Gasteiger partial charge in [0.2, 0.25) is 5.78 Å². The van der Waals surface area contributed by atoms with Crippen LogP contribution in [0.4, 0.5) is 0 Å². The van der Waals surface area contributed by atoms with Crippen LogP contribution in [0.1, 0.15) is 4.88 Å². The number of esters is 1. The summed E-state index contributed by atoms with van der Waals surface area (Å²) in [5, 5.41) is 1.90. The van der Waals surface area contributed by atoms with Crippen LogP contribution in [0.2, 0.25) is 0 Å². The molecule has 0 radical (unpaired) electrons. The van der Waals surface area contributed by atoms with E-state index in [0.29, 0.717) is 0 Å². The van der Waals surface area contributed by atoms with E-state index in [0.717, 1.165) is 4.88 Å². The number of ether oxygens (including phenoxy) is 2. The third-order valence-electron chi connectivity index (χ3n) is 3.27. The molecule has 108 valence electrons. The van der Waals surface area contributed by atoms with Crippen LogP contribution in [0.15, 0.2) is 53.7 Å². The van der Waals surface area contributed by atoms with Crippen LogP contribution in [0.25, 0.3) is 0 Å². The van der Waals surface area contributed by atoms with Gasteiger partial charge in [-0.15, -0.1) is 11.3 Å². The minimum atomic E-state index is -0.401. The molecular formula is C16H14O4S. The molecule has 3 rings (SSSR count). The number of carbonyl (C=O) groups is 2. The summed E-state index contributed by atoms with van der Waals surface area (Å²) in [5.41, 5.74) is 0. The van der Waals surface area contributed by atoms with E-state index in [1.54, 1.807) is 6.08 Å². The maximum Gasteiger partial charge on any atom is 0.311 e. The van der Waals surface area contributed by atoms with Crippen LogP contribution >= 0.6 is 11.3 Å². The molecule has 1 aromatic rings. The van der Waals surface area contributed by atoms with Gasteiger partial charge < -0.3 is 9.47 Å². The molecule has 0 saturated carbocycles. The first kappa shape index (κ1) is 13.8. The van der Waals surface area contributed by atoms with Crippen LogP contribution in [0.3, 0.4) is 0 Å². The fourth-order valence-corrected chi connectivity index (χ4v) is 2.91. The average Bonchev–Trinajstić information content (AvgIpc) is 3.13. The van der Waals surface area contributed by atoms with Gasteiger partial charge in [0.25, 0.3) is 0 Å². The quantitative estimate of drug-likeness (QED) is 0.784. The number of allylic oxidation sites excluding steroid dienone is 2. The zero-order valence-corrected chi connectivity index (χ0v) is 12.0. The molecule has 2 unspecified atom stereocenters. The number of hydrogen-bond acceptors (Lipinski definition) is 5. The third kappa shape index (κ3) is 3.31. The Labute approximate surface area is 126 Å².